The third-order valence-corrected chi connectivity index (χ3v) is 4.00. The maximum absolute atomic E-state index is 10.8. The highest BCUT2D eigenvalue weighted by atomic mass is 16.5. The zero-order chi connectivity index (χ0) is 13.2. The first-order chi connectivity index (χ1) is 8.50. The van der Waals surface area contributed by atoms with Crippen LogP contribution in [0.15, 0.2) is 24.3 Å². The van der Waals surface area contributed by atoms with E-state index in [1.165, 1.54) is 11.1 Å². The van der Waals surface area contributed by atoms with E-state index in [9.17, 15) is 5.11 Å². The summed E-state index contributed by atoms with van der Waals surface area (Å²) in [5.74, 6) is 0.466. The van der Waals surface area contributed by atoms with Crippen LogP contribution in [-0.2, 0) is 11.2 Å². The number of hydrogen-bond acceptors (Lipinski definition) is 2. The lowest BCUT2D eigenvalue weighted by Crippen LogP contribution is -2.44. The Hall–Kier alpha value is -0.860. The quantitative estimate of drug-likeness (QED) is 0.890. The SMILES string of the molecule is Cc1ccccc1CC1(O)CCOC(C(C)C)C1. The van der Waals surface area contributed by atoms with E-state index in [4.69, 9.17) is 4.74 Å². The Balaban J connectivity index is 2.09. The number of rotatable bonds is 3. The van der Waals surface area contributed by atoms with Crippen molar-refractivity contribution in [2.45, 2.75) is 51.7 Å². The molecule has 1 N–H and O–H groups in total. The van der Waals surface area contributed by atoms with E-state index < -0.39 is 5.60 Å². The highest BCUT2D eigenvalue weighted by Crippen LogP contribution is 2.32. The van der Waals surface area contributed by atoms with Crippen LogP contribution in [0, 0.1) is 12.8 Å². The molecule has 1 aliphatic heterocycles. The maximum Gasteiger partial charge on any atom is 0.0734 e. The molecule has 2 nitrogen and oxygen atoms in total. The highest BCUT2D eigenvalue weighted by Gasteiger charge is 2.36. The van der Waals surface area contributed by atoms with Crippen molar-refractivity contribution in [2.75, 3.05) is 6.61 Å². The van der Waals surface area contributed by atoms with Crippen LogP contribution in [0.1, 0.15) is 37.8 Å². The Bertz CT molecular complexity index is 400. The molecule has 0 saturated carbocycles. The van der Waals surface area contributed by atoms with Gasteiger partial charge in [0, 0.05) is 19.4 Å². The Kier molecular flexibility index (Phi) is 4.08. The minimum absolute atomic E-state index is 0.188. The van der Waals surface area contributed by atoms with Crippen molar-refractivity contribution < 1.29 is 9.84 Å². The topological polar surface area (TPSA) is 29.5 Å². The zero-order valence-electron chi connectivity index (χ0n) is 11.6. The number of aliphatic hydroxyl groups is 1. The van der Waals surface area contributed by atoms with Crippen molar-refractivity contribution in [3.05, 3.63) is 35.4 Å². The van der Waals surface area contributed by atoms with Crippen LogP contribution in [0.25, 0.3) is 0 Å². The van der Waals surface area contributed by atoms with Crippen molar-refractivity contribution in [2.24, 2.45) is 5.92 Å². The summed E-state index contributed by atoms with van der Waals surface area (Å²) in [6.45, 7) is 7.09. The first-order valence-electron chi connectivity index (χ1n) is 6.89. The minimum Gasteiger partial charge on any atom is -0.389 e. The second kappa shape index (κ2) is 5.41. The molecule has 2 heteroatoms. The Morgan fingerprint density at radius 1 is 1.39 bits per heavy atom. The van der Waals surface area contributed by atoms with Crippen molar-refractivity contribution in [1.29, 1.82) is 0 Å². The molecule has 0 bridgehead atoms. The van der Waals surface area contributed by atoms with Crippen molar-refractivity contribution in [1.82, 2.24) is 0 Å². The molecule has 18 heavy (non-hydrogen) atoms. The summed E-state index contributed by atoms with van der Waals surface area (Å²) in [5, 5.41) is 10.8. The molecule has 0 spiro atoms. The average Bonchev–Trinajstić information content (AvgIpc) is 2.32. The van der Waals surface area contributed by atoms with Gasteiger partial charge >= 0.3 is 0 Å². The van der Waals surface area contributed by atoms with Gasteiger partial charge in [-0.15, -0.1) is 0 Å². The summed E-state index contributed by atoms with van der Waals surface area (Å²) in [7, 11) is 0. The van der Waals surface area contributed by atoms with Crippen LogP contribution in [0.5, 0.6) is 0 Å². The molecule has 1 aromatic rings. The Morgan fingerprint density at radius 3 is 2.78 bits per heavy atom. The second-order valence-electron chi connectivity index (χ2n) is 5.93. The van der Waals surface area contributed by atoms with Gasteiger partial charge in [-0.05, 0) is 30.4 Å². The molecule has 1 aliphatic rings. The van der Waals surface area contributed by atoms with Crippen LogP contribution in [0.2, 0.25) is 0 Å². The van der Waals surface area contributed by atoms with Gasteiger partial charge in [0.2, 0.25) is 0 Å². The maximum atomic E-state index is 10.8. The van der Waals surface area contributed by atoms with Crippen LogP contribution >= 0.6 is 0 Å². The van der Waals surface area contributed by atoms with Gasteiger partial charge in [0.1, 0.15) is 0 Å². The largest absolute Gasteiger partial charge is 0.389 e. The molecule has 2 atom stereocenters. The zero-order valence-corrected chi connectivity index (χ0v) is 11.6. The van der Waals surface area contributed by atoms with Gasteiger partial charge in [0.15, 0.2) is 0 Å². The fraction of sp³-hybridized carbons (Fsp3) is 0.625. The number of ether oxygens (including phenoxy) is 1. The second-order valence-corrected chi connectivity index (χ2v) is 5.93. The minimum atomic E-state index is -0.598. The summed E-state index contributed by atoms with van der Waals surface area (Å²) >= 11 is 0. The first kappa shape index (κ1) is 13.6. The number of benzene rings is 1. The van der Waals surface area contributed by atoms with Gasteiger partial charge in [-0.3, -0.25) is 0 Å². The van der Waals surface area contributed by atoms with E-state index in [0.29, 0.717) is 12.5 Å². The molecule has 0 aliphatic carbocycles. The van der Waals surface area contributed by atoms with E-state index in [1.807, 2.05) is 12.1 Å². The monoisotopic (exact) mass is 248 g/mol. The van der Waals surface area contributed by atoms with Crippen LogP contribution in [0.4, 0.5) is 0 Å². The lowest BCUT2D eigenvalue weighted by atomic mass is 9.81. The molecule has 1 fully saturated rings. The molecule has 1 saturated heterocycles. The normalized spacial score (nSPS) is 28.6. The predicted molar refractivity (Wildman–Crippen MR) is 73.6 cm³/mol. The van der Waals surface area contributed by atoms with Crippen LogP contribution < -0.4 is 0 Å². The average molecular weight is 248 g/mol. The number of hydrogen-bond donors (Lipinski definition) is 1. The summed E-state index contributed by atoms with van der Waals surface area (Å²) < 4.78 is 5.74. The van der Waals surface area contributed by atoms with E-state index in [1.54, 1.807) is 0 Å². The summed E-state index contributed by atoms with van der Waals surface area (Å²) in [4.78, 5) is 0. The third-order valence-electron chi connectivity index (χ3n) is 4.00. The molecular formula is C16H24O2. The standard InChI is InChI=1S/C16H24O2/c1-12(2)15-11-16(17,8-9-18-15)10-14-7-5-4-6-13(14)3/h4-7,12,15,17H,8-11H2,1-3H3. The van der Waals surface area contributed by atoms with Gasteiger partial charge in [-0.1, -0.05) is 38.1 Å². The summed E-state index contributed by atoms with van der Waals surface area (Å²) in [6, 6.07) is 8.32. The van der Waals surface area contributed by atoms with E-state index in [0.717, 1.165) is 19.3 Å². The van der Waals surface area contributed by atoms with Crippen molar-refractivity contribution in [3.8, 4) is 0 Å². The molecule has 0 aromatic heterocycles. The molecule has 1 heterocycles. The summed E-state index contributed by atoms with van der Waals surface area (Å²) in [5.41, 5.74) is 1.92. The molecular weight excluding hydrogens is 224 g/mol. The fourth-order valence-electron chi connectivity index (χ4n) is 2.69. The molecule has 2 rings (SSSR count). The van der Waals surface area contributed by atoms with Gasteiger partial charge in [-0.2, -0.15) is 0 Å². The molecule has 2 unspecified atom stereocenters. The van der Waals surface area contributed by atoms with E-state index >= 15 is 0 Å². The summed E-state index contributed by atoms with van der Waals surface area (Å²) in [6.07, 6.45) is 2.42. The van der Waals surface area contributed by atoms with E-state index in [-0.39, 0.29) is 6.10 Å². The Labute approximate surface area is 110 Å². The number of aryl methyl sites for hydroxylation is 1. The van der Waals surface area contributed by atoms with Gasteiger partial charge < -0.3 is 9.84 Å². The Morgan fingerprint density at radius 2 is 2.11 bits per heavy atom. The predicted octanol–water partition coefficient (Wildman–Crippen LogP) is 3.10. The third kappa shape index (κ3) is 3.12. The molecule has 100 valence electrons. The van der Waals surface area contributed by atoms with Crippen LogP contribution in [0.3, 0.4) is 0 Å². The van der Waals surface area contributed by atoms with E-state index in [2.05, 4.69) is 32.9 Å². The van der Waals surface area contributed by atoms with Gasteiger partial charge in [0.05, 0.1) is 11.7 Å². The smallest absolute Gasteiger partial charge is 0.0734 e. The highest BCUT2D eigenvalue weighted by molar-refractivity contribution is 5.27. The fourth-order valence-corrected chi connectivity index (χ4v) is 2.69. The molecule has 0 radical (unpaired) electrons. The first-order valence-corrected chi connectivity index (χ1v) is 6.89. The molecule has 1 aromatic carbocycles. The van der Waals surface area contributed by atoms with Gasteiger partial charge in [-0.25, -0.2) is 0 Å². The lowest BCUT2D eigenvalue weighted by molar-refractivity contribution is -0.116. The lowest BCUT2D eigenvalue weighted by Gasteiger charge is -2.39. The van der Waals surface area contributed by atoms with Gasteiger partial charge in [0.25, 0.3) is 0 Å². The van der Waals surface area contributed by atoms with Crippen molar-refractivity contribution in [3.63, 3.8) is 0 Å². The van der Waals surface area contributed by atoms with Crippen molar-refractivity contribution >= 4 is 0 Å². The molecule has 0 amide bonds. The van der Waals surface area contributed by atoms with Crippen LogP contribution in [-0.4, -0.2) is 23.4 Å².